The summed E-state index contributed by atoms with van der Waals surface area (Å²) in [5.41, 5.74) is 0.728. The molecule has 0 bridgehead atoms. The Morgan fingerprint density at radius 2 is 2.04 bits per heavy atom. The maximum atomic E-state index is 12.6. The van der Waals surface area contributed by atoms with Gasteiger partial charge in [-0.15, -0.1) is 0 Å². The Balaban J connectivity index is 1.53. The molecular formula is C21H30N4O2. The van der Waals surface area contributed by atoms with Crippen LogP contribution in [0.2, 0.25) is 0 Å². The van der Waals surface area contributed by atoms with Crippen molar-refractivity contribution in [1.29, 1.82) is 0 Å². The van der Waals surface area contributed by atoms with Crippen LogP contribution in [0.3, 0.4) is 0 Å². The van der Waals surface area contributed by atoms with Gasteiger partial charge in [0.15, 0.2) is 0 Å². The molecule has 6 nitrogen and oxygen atoms in total. The van der Waals surface area contributed by atoms with Crippen LogP contribution in [0.25, 0.3) is 0 Å². The Kier molecular flexibility index (Phi) is 6.37. The Labute approximate surface area is 161 Å². The smallest absolute Gasteiger partial charge is 0.321 e. The molecule has 146 valence electrons. The van der Waals surface area contributed by atoms with Crippen molar-refractivity contribution in [3.8, 4) is 5.75 Å². The molecule has 0 aliphatic carbocycles. The van der Waals surface area contributed by atoms with E-state index >= 15 is 0 Å². The van der Waals surface area contributed by atoms with Crippen LogP contribution < -0.4 is 10.1 Å². The lowest BCUT2D eigenvalue weighted by Crippen LogP contribution is -2.41. The molecule has 0 saturated carbocycles. The summed E-state index contributed by atoms with van der Waals surface area (Å²) in [4.78, 5) is 19.0. The fourth-order valence-electron chi connectivity index (χ4n) is 3.62. The molecule has 1 aromatic carbocycles. The van der Waals surface area contributed by atoms with Crippen LogP contribution in [0.15, 0.2) is 36.7 Å². The number of likely N-dealkylation sites (tertiary alicyclic amines) is 1. The maximum Gasteiger partial charge on any atom is 0.321 e. The summed E-state index contributed by atoms with van der Waals surface area (Å²) in [6, 6.07) is 7.52. The molecule has 3 rings (SSSR count). The quantitative estimate of drug-likeness (QED) is 0.822. The number of anilines is 1. The minimum atomic E-state index is -0.0499. The van der Waals surface area contributed by atoms with Crippen LogP contribution in [0, 0.1) is 5.92 Å². The zero-order valence-corrected chi connectivity index (χ0v) is 16.5. The number of hydrogen-bond donors (Lipinski definition) is 1. The molecule has 6 heteroatoms. The number of amides is 2. The zero-order valence-electron chi connectivity index (χ0n) is 16.5. The average molecular weight is 370 g/mol. The fourth-order valence-corrected chi connectivity index (χ4v) is 3.62. The van der Waals surface area contributed by atoms with Crippen molar-refractivity contribution in [1.82, 2.24) is 14.5 Å². The second kappa shape index (κ2) is 8.93. The number of nitrogens with zero attached hydrogens (tertiary/aromatic N) is 3. The van der Waals surface area contributed by atoms with Gasteiger partial charge >= 0.3 is 6.03 Å². The van der Waals surface area contributed by atoms with Crippen molar-refractivity contribution in [2.45, 2.75) is 46.1 Å². The number of rotatable bonds is 6. The molecular weight excluding hydrogens is 340 g/mol. The minimum absolute atomic E-state index is 0.0499. The van der Waals surface area contributed by atoms with Crippen molar-refractivity contribution in [2.24, 2.45) is 5.92 Å². The van der Waals surface area contributed by atoms with E-state index in [1.807, 2.05) is 42.3 Å². The fraction of sp³-hybridized carbons (Fsp3) is 0.524. The number of hydrogen-bond acceptors (Lipinski definition) is 3. The number of aromatic nitrogens is 2. The molecule has 1 aliphatic rings. The van der Waals surface area contributed by atoms with Crippen LogP contribution in [0.4, 0.5) is 10.5 Å². The second-order valence-electron chi connectivity index (χ2n) is 7.38. The van der Waals surface area contributed by atoms with Gasteiger partial charge in [-0.3, -0.25) is 0 Å². The van der Waals surface area contributed by atoms with Gasteiger partial charge in [0.1, 0.15) is 11.6 Å². The SMILES string of the molecule is CCOc1ccccc1NC(=O)N1CCC(Cn2ccnc2C(C)C)CC1. The van der Waals surface area contributed by atoms with Crippen LogP contribution in [-0.4, -0.2) is 40.2 Å². The first kappa shape index (κ1) is 19.3. The Bertz CT molecular complexity index is 748. The number of ether oxygens (including phenoxy) is 1. The molecule has 1 aromatic heterocycles. The zero-order chi connectivity index (χ0) is 19.2. The Morgan fingerprint density at radius 3 is 2.74 bits per heavy atom. The summed E-state index contributed by atoms with van der Waals surface area (Å²) < 4.78 is 7.86. The van der Waals surface area contributed by atoms with E-state index in [0.29, 0.717) is 24.2 Å². The van der Waals surface area contributed by atoms with Crippen LogP contribution in [0.1, 0.15) is 45.4 Å². The summed E-state index contributed by atoms with van der Waals surface area (Å²) in [5.74, 6) is 2.86. The number of imidazole rings is 1. The van der Waals surface area contributed by atoms with Crippen molar-refractivity contribution < 1.29 is 9.53 Å². The lowest BCUT2D eigenvalue weighted by molar-refractivity contribution is 0.176. The van der Waals surface area contributed by atoms with Gasteiger partial charge in [-0.1, -0.05) is 26.0 Å². The topological polar surface area (TPSA) is 59.4 Å². The first-order valence-electron chi connectivity index (χ1n) is 9.87. The number of benzene rings is 1. The highest BCUT2D eigenvalue weighted by atomic mass is 16.5. The Hall–Kier alpha value is -2.50. The van der Waals surface area contributed by atoms with Crippen LogP contribution >= 0.6 is 0 Å². The van der Waals surface area contributed by atoms with Crippen molar-refractivity contribution in [2.75, 3.05) is 25.0 Å². The minimum Gasteiger partial charge on any atom is -0.492 e. The summed E-state index contributed by atoms with van der Waals surface area (Å²) >= 11 is 0. The molecule has 0 radical (unpaired) electrons. The van der Waals surface area contributed by atoms with E-state index in [2.05, 4.69) is 34.9 Å². The predicted molar refractivity (Wildman–Crippen MR) is 107 cm³/mol. The normalized spacial score (nSPS) is 15.2. The molecule has 2 aromatic rings. The van der Waals surface area contributed by atoms with Crippen molar-refractivity contribution >= 4 is 11.7 Å². The number of carbonyl (C=O) groups is 1. The van der Waals surface area contributed by atoms with Gasteiger partial charge in [0.25, 0.3) is 0 Å². The molecule has 1 saturated heterocycles. The highest BCUT2D eigenvalue weighted by Gasteiger charge is 2.24. The van der Waals surface area contributed by atoms with Gasteiger partial charge in [-0.25, -0.2) is 9.78 Å². The van der Waals surface area contributed by atoms with Gasteiger partial charge < -0.3 is 19.5 Å². The molecule has 1 fully saturated rings. The highest BCUT2D eigenvalue weighted by molar-refractivity contribution is 5.91. The molecule has 2 heterocycles. The predicted octanol–water partition coefficient (Wildman–Crippen LogP) is 4.35. The molecule has 0 unspecified atom stereocenters. The molecule has 0 atom stereocenters. The van der Waals surface area contributed by atoms with Crippen LogP contribution in [0.5, 0.6) is 5.75 Å². The third-order valence-electron chi connectivity index (χ3n) is 5.05. The van der Waals surface area contributed by atoms with Crippen LogP contribution in [-0.2, 0) is 6.54 Å². The van der Waals surface area contributed by atoms with Gasteiger partial charge in [0.2, 0.25) is 0 Å². The number of piperidine rings is 1. The summed E-state index contributed by atoms with van der Waals surface area (Å²) in [7, 11) is 0. The van der Waals surface area contributed by atoms with E-state index < -0.39 is 0 Å². The average Bonchev–Trinajstić information content (AvgIpc) is 3.12. The highest BCUT2D eigenvalue weighted by Crippen LogP contribution is 2.26. The second-order valence-corrected chi connectivity index (χ2v) is 7.38. The summed E-state index contributed by atoms with van der Waals surface area (Å²) in [6.45, 7) is 9.39. The first-order chi connectivity index (χ1) is 13.1. The molecule has 27 heavy (non-hydrogen) atoms. The maximum absolute atomic E-state index is 12.6. The Morgan fingerprint density at radius 1 is 1.30 bits per heavy atom. The standard InChI is InChI=1S/C21H30N4O2/c1-4-27-19-8-6-5-7-18(19)23-21(26)24-12-9-17(10-13-24)15-25-14-11-22-20(25)16(2)3/h5-8,11,14,16-17H,4,9-10,12-13,15H2,1-3H3,(H,23,26). The lowest BCUT2D eigenvalue weighted by Gasteiger charge is -2.32. The van der Waals surface area contributed by atoms with Crippen molar-refractivity contribution in [3.05, 3.63) is 42.5 Å². The van der Waals surface area contributed by atoms with Gasteiger partial charge in [-0.05, 0) is 37.8 Å². The van der Waals surface area contributed by atoms with Gasteiger partial charge in [0, 0.05) is 37.9 Å². The molecule has 2 amide bonds. The number of para-hydroxylation sites is 2. The van der Waals surface area contributed by atoms with E-state index in [9.17, 15) is 4.79 Å². The monoisotopic (exact) mass is 370 g/mol. The first-order valence-corrected chi connectivity index (χ1v) is 9.87. The van der Waals surface area contributed by atoms with Gasteiger partial charge in [-0.2, -0.15) is 0 Å². The van der Waals surface area contributed by atoms with E-state index in [1.165, 1.54) is 0 Å². The summed E-state index contributed by atoms with van der Waals surface area (Å²) in [6.07, 6.45) is 5.97. The third kappa shape index (κ3) is 4.81. The summed E-state index contributed by atoms with van der Waals surface area (Å²) in [5, 5.41) is 3.00. The van der Waals surface area contributed by atoms with E-state index in [-0.39, 0.29) is 6.03 Å². The third-order valence-corrected chi connectivity index (χ3v) is 5.05. The molecule has 1 N–H and O–H groups in total. The number of carbonyl (C=O) groups excluding carboxylic acids is 1. The number of urea groups is 1. The van der Waals surface area contributed by atoms with E-state index in [1.54, 1.807) is 0 Å². The van der Waals surface area contributed by atoms with Gasteiger partial charge in [0.05, 0.1) is 12.3 Å². The molecule has 1 aliphatic heterocycles. The van der Waals surface area contributed by atoms with E-state index in [4.69, 9.17) is 4.74 Å². The van der Waals surface area contributed by atoms with Crippen molar-refractivity contribution in [3.63, 3.8) is 0 Å². The lowest BCUT2D eigenvalue weighted by atomic mass is 9.96. The largest absolute Gasteiger partial charge is 0.492 e. The molecule has 0 spiro atoms. The number of nitrogens with one attached hydrogen (secondary N) is 1. The van der Waals surface area contributed by atoms with E-state index in [0.717, 1.165) is 44.0 Å².